The highest BCUT2D eigenvalue weighted by molar-refractivity contribution is 7.91. The van der Waals surface area contributed by atoms with Gasteiger partial charge in [0.1, 0.15) is 9.96 Å². The molecule has 2 aromatic carbocycles. The smallest absolute Gasteiger partial charge is 0.259 e. The molecular formula is C25H28N4O5S2. The van der Waals surface area contributed by atoms with Crippen LogP contribution in [0.25, 0.3) is 0 Å². The van der Waals surface area contributed by atoms with Crippen molar-refractivity contribution in [1.82, 2.24) is 14.5 Å². The first-order chi connectivity index (χ1) is 17.3. The number of nitrogens with two attached hydrogens (primary N) is 1. The van der Waals surface area contributed by atoms with E-state index in [1.807, 2.05) is 24.3 Å². The van der Waals surface area contributed by atoms with Crippen LogP contribution in [-0.2, 0) is 39.1 Å². The van der Waals surface area contributed by atoms with Gasteiger partial charge in [-0.2, -0.15) is 4.31 Å². The molecular weight excluding hydrogens is 500 g/mol. The van der Waals surface area contributed by atoms with E-state index in [9.17, 15) is 18.0 Å². The fourth-order valence-corrected chi connectivity index (χ4v) is 6.79. The molecule has 1 aromatic heterocycles. The number of thiophene rings is 1. The molecule has 1 unspecified atom stereocenters. The van der Waals surface area contributed by atoms with Gasteiger partial charge in [0.05, 0.1) is 13.5 Å². The molecule has 2 heterocycles. The van der Waals surface area contributed by atoms with E-state index in [1.165, 1.54) is 18.1 Å². The Morgan fingerprint density at radius 2 is 1.81 bits per heavy atom. The van der Waals surface area contributed by atoms with E-state index in [2.05, 4.69) is 5.32 Å². The molecule has 1 aliphatic rings. The van der Waals surface area contributed by atoms with Crippen LogP contribution in [0.2, 0.25) is 0 Å². The summed E-state index contributed by atoms with van der Waals surface area (Å²) in [6.45, 7) is 0.663. The zero-order valence-electron chi connectivity index (χ0n) is 19.8. The topological polar surface area (TPSA) is 122 Å². The molecule has 1 aliphatic heterocycles. The molecule has 0 bridgehead atoms. The fraction of sp³-hybridized carbons (Fsp3) is 0.280. The SMILES string of the molecule is COc1cccc(CC(=O)N2CCN(S(=O)(=O)c3cccs3)C2C(=O)NCc2cccc(CN)c2)c1. The Kier molecular flexibility index (Phi) is 8.04. The molecule has 0 spiro atoms. The summed E-state index contributed by atoms with van der Waals surface area (Å²) in [5, 5.41) is 4.47. The molecule has 11 heteroatoms. The summed E-state index contributed by atoms with van der Waals surface area (Å²) in [6.07, 6.45) is -1.29. The highest BCUT2D eigenvalue weighted by Gasteiger charge is 2.46. The van der Waals surface area contributed by atoms with Crippen molar-refractivity contribution < 1.29 is 22.7 Å². The van der Waals surface area contributed by atoms with Gasteiger partial charge in [0.25, 0.3) is 15.9 Å². The first-order valence-electron chi connectivity index (χ1n) is 11.4. The van der Waals surface area contributed by atoms with Crippen molar-refractivity contribution >= 4 is 33.2 Å². The molecule has 0 radical (unpaired) electrons. The molecule has 3 N–H and O–H groups in total. The van der Waals surface area contributed by atoms with Gasteiger partial charge in [-0.1, -0.05) is 42.5 Å². The number of carbonyl (C=O) groups excluding carboxylic acids is 2. The van der Waals surface area contributed by atoms with Gasteiger partial charge in [0.15, 0.2) is 6.17 Å². The molecule has 9 nitrogen and oxygen atoms in total. The van der Waals surface area contributed by atoms with Crippen LogP contribution in [0.3, 0.4) is 0 Å². The average molecular weight is 529 g/mol. The highest BCUT2D eigenvalue weighted by Crippen LogP contribution is 2.28. The van der Waals surface area contributed by atoms with Gasteiger partial charge in [-0.25, -0.2) is 8.42 Å². The van der Waals surface area contributed by atoms with Crippen LogP contribution in [0.4, 0.5) is 0 Å². The monoisotopic (exact) mass is 528 g/mol. The molecule has 3 aromatic rings. The minimum atomic E-state index is -3.97. The summed E-state index contributed by atoms with van der Waals surface area (Å²) in [6, 6.07) is 17.7. The van der Waals surface area contributed by atoms with Crippen LogP contribution >= 0.6 is 11.3 Å². The number of methoxy groups -OCH3 is 1. The van der Waals surface area contributed by atoms with Crippen LogP contribution in [0.15, 0.2) is 70.3 Å². The second-order valence-electron chi connectivity index (χ2n) is 8.28. The summed E-state index contributed by atoms with van der Waals surface area (Å²) in [7, 11) is -2.43. The molecule has 1 fully saturated rings. The van der Waals surface area contributed by atoms with Crippen molar-refractivity contribution in [3.8, 4) is 5.75 Å². The number of rotatable bonds is 9. The second kappa shape index (κ2) is 11.2. The molecule has 36 heavy (non-hydrogen) atoms. The minimum Gasteiger partial charge on any atom is -0.497 e. The molecule has 0 saturated carbocycles. The zero-order chi connectivity index (χ0) is 25.7. The maximum Gasteiger partial charge on any atom is 0.259 e. The van der Waals surface area contributed by atoms with Gasteiger partial charge in [-0.05, 0) is 40.3 Å². The molecule has 4 rings (SSSR count). The number of carbonyl (C=O) groups is 2. The summed E-state index contributed by atoms with van der Waals surface area (Å²) in [5.41, 5.74) is 8.15. The van der Waals surface area contributed by atoms with Crippen LogP contribution < -0.4 is 15.8 Å². The number of nitrogens with one attached hydrogen (secondary N) is 1. The van der Waals surface area contributed by atoms with Crippen molar-refractivity contribution in [1.29, 1.82) is 0 Å². The van der Waals surface area contributed by atoms with Gasteiger partial charge in [-0.3, -0.25) is 9.59 Å². The zero-order valence-corrected chi connectivity index (χ0v) is 21.4. The van der Waals surface area contributed by atoms with Gasteiger partial charge >= 0.3 is 0 Å². The summed E-state index contributed by atoms with van der Waals surface area (Å²) < 4.78 is 33.2. The number of hydrogen-bond acceptors (Lipinski definition) is 7. The summed E-state index contributed by atoms with van der Waals surface area (Å²) >= 11 is 1.07. The molecule has 1 saturated heterocycles. The van der Waals surface area contributed by atoms with Gasteiger partial charge in [-0.15, -0.1) is 11.3 Å². The lowest BCUT2D eigenvalue weighted by Crippen LogP contribution is -2.53. The normalized spacial score (nSPS) is 16.2. The van der Waals surface area contributed by atoms with E-state index in [1.54, 1.807) is 35.7 Å². The number of sulfonamides is 1. The first kappa shape index (κ1) is 25.8. The predicted molar refractivity (Wildman–Crippen MR) is 137 cm³/mol. The van der Waals surface area contributed by atoms with Gasteiger partial charge in [0, 0.05) is 26.2 Å². The summed E-state index contributed by atoms with van der Waals surface area (Å²) in [4.78, 5) is 28.1. The lowest BCUT2D eigenvalue weighted by Gasteiger charge is -2.28. The third-order valence-electron chi connectivity index (χ3n) is 5.93. The fourth-order valence-electron chi connectivity index (χ4n) is 4.12. The van der Waals surface area contributed by atoms with Crippen molar-refractivity contribution in [3.63, 3.8) is 0 Å². The quantitative estimate of drug-likeness (QED) is 0.438. The van der Waals surface area contributed by atoms with Crippen molar-refractivity contribution in [3.05, 3.63) is 82.7 Å². The van der Waals surface area contributed by atoms with Crippen LogP contribution in [0, 0.1) is 0 Å². The minimum absolute atomic E-state index is 0.00636. The predicted octanol–water partition coefficient (Wildman–Crippen LogP) is 1.93. The third kappa shape index (κ3) is 5.59. The molecule has 190 valence electrons. The van der Waals surface area contributed by atoms with E-state index in [4.69, 9.17) is 10.5 Å². The van der Waals surface area contributed by atoms with E-state index < -0.39 is 22.1 Å². The molecule has 1 atom stereocenters. The second-order valence-corrected chi connectivity index (χ2v) is 11.3. The molecule has 0 aliphatic carbocycles. The highest BCUT2D eigenvalue weighted by atomic mass is 32.2. The van der Waals surface area contributed by atoms with Crippen LogP contribution in [-0.4, -0.2) is 55.8 Å². The Morgan fingerprint density at radius 1 is 1.06 bits per heavy atom. The van der Waals surface area contributed by atoms with Crippen molar-refractivity contribution in [2.24, 2.45) is 5.73 Å². The lowest BCUT2D eigenvalue weighted by atomic mass is 10.1. The Balaban J connectivity index is 1.58. The van der Waals surface area contributed by atoms with Gasteiger partial charge in [0.2, 0.25) is 5.91 Å². The van der Waals surface area contributed by atoms with Crippen molar-refractivity contribution in [2.75, 3.05) is 20.2 Å². The van der Waals surface area contributed by atoms with Crippen LogP contribution in [0.1, 0.15) is 16.7 Å². The number of ether oxygens (including phenoxy) is 1. The van der Waals surface area contributed by atoms with Crippen molar-refractivity contribution in [2.45, 2.75) is 29.9 Å². The van der Waals surface area contributed by atoms with E-state index in [-0.39, 0.29) is 36.2 Å². The Hall–Kier alpha value is -3.25. The number of amides is 2. The third-order valence-corrected chi connectivity index (χ3v) is 9.15. The standard InChI is InChI=1S/C25H28N4O5S2/c1-34-21-8-3-5-18(14-21)15-22(30)28-10-11-29(36(32,33)23-9-4-12-35-23)25(28)24(31)27-17-20-7-2-6-19(13-20)16-26/h2-9,12-14,25H,10-11,15-17,26H2,1H3,(H,27,31). The maximum atomic E-state index is 13.4. The van der Waals surface area contributed by atoms with E-state index >= 15 is 0 Å². The number of benzene rings is 2. The number of hydrogen-bond donors (Lipinski definition) is 2. The maximum absolute atomic E-state index is 13.4. The van der Waals surface area contributed by atoms with E-state index in [0.717, 1.165) is 26.8 Å². The Bertz CT molecular complexity index is 1330. The lowest BCUT2D eigenvalue weighted by molar-refractivity contribution is -0.140. The first-order valence-corrected chi connectivity index (χ1v) is 13.7. The van der Waals surface area contributed by atoms with Crippen LogP contribution in [0.5, 0.6) is 5.75 Å². The van der Waals surface area contributed by atoms with Gasteiger partial charge < -0.3 is 20.7 Å². The Morgan fingerprint density at radius 3 is 2.53 bits per heavy atom. The Labute approximate surface area is 214 Å². The number of nitrogens with zero attached hydrogens (tertiary/aromatic N) is 2. The van der Waals surface area contributed by atoms with E-state index in [0.29, 0.717) is 17.9 Å². The summed E-state index contributed by atoms with van der Waals surface area (Å²) in [5.74, 6) is -0.306. The average Bonchev–Trinajstić information content (AvgIpc) is 3.59. The largest absolute Gasteiger partial charge is 0.497 e. The molecule has 2 amide bonds.